The summed E-state index contributed by atoms with van der Waals surface area (Å²) in [6.45, 7) is 5.86. The van der Waals surface area contributed by atoms with Crippen molar-refractivity contribution in [3.8, 4) is 6.07 Å². The topological polar surface area (TPSA) is 82.7 Å². The molecular weight excluding hydrogens is 370 g/mol. The molecule has 7 heteroatoms. The van der Waals surface area contributed by atoms with Crippen molar-refractivity contribution in [3.63, 3.8) is 0 Å². The fourth-order valence-corrected chi connectivity index (χ4v) is 4.30. The van der Waals surface area contributed by atoms with E-state index in [1.165, 1.54) is 6.20 Å². The molecule has 2 aromatic heterocycles. The second-order valence-electron chi connectivity index (χ2n) is 6.82. The van der Waals surface area contributed by atoms with E-state index in [2.05, 4.69) is 21.8 Å². The number of aromatic nitrogens is 2. The maximum atomic E-state index is 13.3. The summed E-state index contributed by atoms with van der Waals surface area (Å²) in [4.78, 5) is 14.3. The molecule has 0 saturated heterocycles. The summed E-state index contributed by atoms with van der Waals surface area (Å²) >= 11 is 1.56. The Kier molecular flexibility index (Phi) is 4.49. The Balaban J connectivity index is 1.78. The van der Waals surface area contributed by atoms with Gasteiger partial charge in [-0.1, -0.05) is 23.8 Å². The van der Waals surface area contributed by atoms with Crippen molar-refractivity contribution < 1.29 is 4.79 Å². The Morgan fingerprint density at radius 2 is 2.14 bits per heavy atom. The van der Waals surface area contributed by atoms with Gasteiger partial charge in [-0.15, -0.1) is 11.3 Å². The van der Waals surface area contributed by atoms with Gasteiger partial charge >= 0.3 is 0 Å². The number of rotatable bonds is 3. The van der Waals surface area contributed by atoms with Gasteiger partial charge in [-0.3, -0.25) is 4.79 Å². The molecule has 1 amide bonds. The van der Waals surface area contributed by atoms with Gasteiger partial charge in [0.05, 0.1) is 11.8 Å². The first kappa shape index (κ1) is 18.0. The number of amides is 1. The van der Waals surface area contributed by atoms with Crippen LogP contribution >= 0.6 is 11.3 Å². The number of nitrogens with one attached hydrogen (secondary N) is 2. The normalized spacial score (nSPS) is 15.6. The van der Waals surface area contributed by atoms with Crippen molar-refractivity contribution in [1.29, 1.82) is 5.26 Å². The molecule has 140 valence electrons. The number of anilines is 2. The Hall–Kier alpha value is -3.37. The minimum atomic E-state index is -0.385. The van der Waals surface area contributed by atoms with Crippen molar-refractivity contribution in [2.45, 2.75) is 26.8 Å². The molecule has 28 heavy (non-hydrogen) atoms. The van der Waals surface area contributed by atoms with E-state index in [4.69, 9.17) is 0 Å². The molecule has 6 nitrogen and oxygen atoms in total. The number of fused-ring (bicyclic) bond motifs is 1. The molecule has 4 rings (SSSR count). The molecule has 0 saturated carbocycles. The molecule has 2 N–H and O–H groups in total. The fraction of sp³-hybridized carbons (Fsp3) is 0.190. The second-order valence-corrected chi connectivity index (χ2v) is 7.80. The van der Waals surface area contributed by atoms with Gasteiger partial charge in [0.15, 0.2) is 0 Å². The van der Waals surface area contributed by atoms with Crippen LogP contribution in [0.2, 0.25) is 0 Å². The van der Waals surface area contributed by atoms with Crippen molar-refractivity contribution in [3.05, 3.63) is 74.7 Å². The Bertz CT molecular complexity index is 1130. The standard InChI is InChI=1S/C21H19N5OS/c1-12-6-7-16(13(2)9-12)25-21(27)18-14(3)24-20-15(10-22)11-23-26(20)19(18)17-5-4-8-28-17/h4-9,11,19,24H,1-3H3,(H,25,27). The number of hydrogen-bond acceptors (Lipinski definition) is 5. The second kappa shape index (κ2) is 6.98. The molecule has 3 heterocycles. The van der Waals surface area contributed by atoms with Crippen LogP contribution in [0.15, 0.2) is 53.2 Å². The predicted molar refractivity (Wildman–Crippen MR) is 110 cm³/mol. The number of carbonyl (C=O) groups excluding carboxylic acids is 1. The van der Waals surface area contributed by atoms with Gasteiger partial charge in [0.25, 0.3) is 5.91 Å². The quantitative estimate of drug-likeness (QED) is 0.697. The SMILES string of the molecule is CC1=C(C(=O)Nc2ccc(C)cc2C)C(c2cccs2)n2ncc(C#N)c2N1. The van der Waals surface area contributed by atoms with E-state index < -0.39 is 0 Å². The molecule has 0 aliphatic carbocycles. The minimum absolute atomic E-state index is 0.185. The Labute approximate surface area is 167 Å². The van der Waals surface area contributed by atoms with Crippen LogP contribution in [-0.2, 0) is 4.79 Å². The molecule has 0 fully saturated rings. The molecule has 1 atom stereocenters. The first-order valence-electron chi connectivity index (χ1n) is 8.87. The zero-order valence-electron chi connectivity index (χ0n) is 15.8. The van der Waals surface area contributed by atoms with Crippen molar-refractivity contribution >= 4 is 28.7 Å². The number of nitrogens with zero attached hydrogens (tertiary/aromatic N) is 3. The van der Waals surface area contributed by atoms with Crippen LogP contribution in [0, 0.1) is 25.2 Å². The van der Waals surface area contributed by atoms with Gasteiger partial charge in [-0.05, 0) is 43.8 Å². The van der Waals surface area contributed by atoms with Crippen molar-refractivity contribution in [2.24, 2.45) is 0 Å². The predicted octanol–water partition coefficient (Wildman–Crippen LogP) is 4.36. The van der Waals surface area contributed by atoms with E-state index in [0.29, 0.717) is 22.7 Å². The highest BCUT2D eigenvalue weighted by molar-refractivity contribution is 7.10. The van der Waals surface area contributed by atoms with Crippen LogP contribution in [-0.4, -0.2) is 15.7 Å². The van der Waals surface area contributed by atoms with E-state index in [1.54, 1.807) is 16.0 Å². The van der Waals surface area contributed by atoms with Crippen LogP contribution in [0.3, 0.4) is 0 Å². The van der Waals surface area contributed by atoms with E-state index >= 15 is 0 Å². The maximum absolute atomic E-state index is 13.3. The van der Waals surface area contributed by atoms with E-state index in [-0.39, 0.29) is 11.9 Å². The summed E-state index contributed by atoms with van der Waals surface area (Å²) in [7, 11) is 0. The first-order valence-corrected chi connectivity index (χ1v) is 9.75. The highest BCUT2D eigenvalue weighted by atomic mass is 32.1. The molecule has 1 aromatic carbocycles. The number of allylic oxidation sites excluding steroid dienone is 1. The number of aryl methyl sites for hydroxylation is 2. The summed E-state index contributed by atoms with van der Waals surface area (Å²) in [5.74, 6) is 0.427. The molecule has 1 aliphatic rings. The molecule has 0 bridgehead atoms. The lowest BCUT2D eigenvalue weighted by Crippen LogP contribution is -2.31. The zero-order valence-corrected chi connectivity index (χ0v) is 16.6. The van der Waals surface area contributed by atoms with Gasteiger partial charge in [0.2, 0.25) is 0 Å². The number of benzene rings is 1. The van der Waals surface area contributed by atoms with Gasteiger partial charge in [-0.2, -0.15) is 10.4 Å². The van der Waals surface area contributed by atoms with E-state index in [0.717, 1.165) is 21.7 Å². The lowest BCUT2D eigenvalue weighted by Gasteiger charge is -2.29. The third-order valence-electron chi connectivity index (χ3n) is 4.83. The molecule has 1 unspecified atom stereocenters. The van der Waals surface area contributed by atoms with Gasteiger partial charge in [0.1, 0.15) is 23.5 Å². The summed E-state index contributed by atoms with van der Waals surface area (Å²) in [6, 6.07) is 11.6. The monoisotopic (exact) mass is 389 g/mol. The smallest absolute Gasteiger partial charge is 0.255 e. The van der Waals surface area contributed by atoms with Gasteiger partial charge < -0.3 is 10.6 Å². The lowest BCUT2D eigenvalue weighted by atomic mass is 9.99. The average molecular weight is 389 g/mol. The van der Waals surface area contributed by atoms with Gasteiger partial charge in [-0.25, -0.2) is 4.68 Å². The maximum Gasteiger partial charge on any atom is 0.255 e. The van der Waals surface area contributed by atoms with E-state index in [1.807, 2.05) is 56.5 Å². The number of thiophene rings is 1. The van der Waals surface area contributed by atoms with Crippen LogP contribution < -0.4 is 10.6 Å². The fourth-order valence-electron chi connectivity index (χ4n) is 3.48. The van der Waals surface area contributed by atoms with Crippen LogP contribution in [0.5, 0.6) is 0 Å². The summed E-state index contributed by atoms with van der Waals surface area (Å²) in [5.41, 5.74) is 4.69. The molecule has 0 radical (unpaired) electrons. The van der Waals surface area contributed by atoms with Crippen LogP contribution in [0.25, 0.3) is 0 Å². The third-order valence-corrected chi connectivity index (χ3v) is 5.76. The first-order chi connectivity index (χ1) is 13.5. The minimum Gasteiger partial charge on any atom is -0.343 e. The molecular formula is C21H19N5OS. The van der Waals surface area contributed by atoms with Crippen LogP contribution in [0.1, 0.15) is 34.5 Å². The summed E-state index contributed by atoms with van der Waals surface area (Å²) in [6.07, 6.45) is 1.53. The lowest BCUT2D eigenvalue weighted by molar-refractivity contribution is -0.113. The summed E-state index contributed by atoms with van der Waals surface area (Å²) < 4.78 is 1.72. The van der Waals surface area contributed by atoms with E-state index in [9.17, 15) is 10.1 Å². The zero-order chi connectivity index (χ0) is 19.8. The Morgan fingerprint density at radius 1 is 1.32 bits per heavy atom. The average Bonchev–Trinajstić information content (AvgIpc) is 3.32. The highest BCUT2D eigenvalue weighted by Crippen LogP contribution is 2.39. The van der Waals surface area contributed by atoms with Crippen molar-refractivity contribution in [1.82, 2.24) is 9.78 Å². The highest BCUT2D eigenvalue weighted by Gasteiger charge is 2.34. The molecule has 0 spiro atoms. The number of nitriles is 1. The number of carbonyl (C=O) groups is 1. The molecule has 1 aliphatic heterocycles. The summed E-state index contributed by atoms with van der Waals surface area (Å²) in [5, 5.41) is 22.0. The Morgan fingerprint density at radius 3 is 2.82 bits per heavy atom. The van der Waals surface area contributed by atoms with Crippen LogP contribution in [0.4, 0.5) is 11.5 Å². The number of hydrogen-bond donors (Lipinski definition) is 2. The third kappa shape index (κ3) is 2.98. The molecule has 3 aromatic rings. The largest absolute Gasteiger partial charge is 0.343 e. The van der Waals surface area contributed by atoms with Gasteiger partial charge in [0, 0.05) is 16.3 Å². The van der Waals surface area contributed by atoms with Crippen molar-refractivity contribution in [2.75, 3.05) is 10.6 Å².